The smallest absolute Gasteiger partial charge is 0.193 e. The van der Waals surface area contributed by atoms with Crippen LogP contribution in [0, 0.1) is 13.8 Å². The number of aryl methyl sites for hydroxylation is 2. The lowest BCUT2D eigenvalue weighted by atomic mass is 10.0. The number of aldehydes is 1. The van der Waals surface area contributed by atoms with Crippen LogP contribution in [0.25, 0.3) is 11.0 Å². The molecule has 0 spiro atoms. The molecule has 0 fully saturated rings. The topological polar surface area (TPSA) is 67.5 Å². The molecule has 0 aliphatic rings. The Morgan fingerprint density at radius 2 is 2.00 bits per heavy atom. The van der Waals surface area contributed by atoms with Gasteiger partial charge in [-0.05, 0) is 25.5 Å². The molecule has 0 aliphatic carbocycles. The Morgan fingerprint density at radius 1 is 1.31 bits per heavy atom. The number of rotatable bonds is 1. The molecular weight excluding hydrogens is 208 g/mol. The van der Waals surface area contributed by atoms with Crippen molar-refractivity contribution in [3.05, 3.63) is 39.2 Å². The van der Waals surface area contributed by atoms with Gasteiger partial charge < -0.3 is 9.52 Å². The fourth-order valence-electron chi connectivity index (χ4n) is 1.76. The van der Waals surface area contributed by atoms with E-state index in [4.69, 9.17) is 4.42 Å². The highest BCUT2D eigenvalue weighted by Gasteiger charge is 2.14. The molecule has 0 bridgehead atoms. The van der Waals surface area contributed by atoms with Crippen LogP contribution < -0.4 is 5.43 Å². The molecule has 1 aromatic carbocycles. The largest absolute Gasteiger partial charge is 0.507 e. The predicted molar refractivity (Wildman–Crippen MR) is 59.0 cm³/mol. The second-order valence-electron chi connectivity index (χ2n) is 3.67. The van der Waals surface area contributed by atoms with E-state index in [1.165, 1.54) is 12.1 Å². The van der Waals surface area contributed by atoms with Crippen LogP contribution in [0.3, 0.4) is 0 Å². The van der Waals surface area contributed by atoms with E-state index in [9.17, 15) is 14.7 Å². The van der Waals surface area contributed by atoms with Crippen LogP contribution in [-0.4, -0.2) is 11.4 Å². The lowest BCUT2D eigenvalue weighted by Gasteiger charge is -2.06. The van der Waals surface area contributed by atoms with E-state index in [0.29, 0.717) is 23.0 Å². The highest BCUT2D eigenvalue weighted by molar-refractivity contribution is 5.98. The number of carbonyl (C=O) groups is 1. The summed E-state index contributed by atoms with van der Waals surface area (Å²) in [5.41, 5.74) is 0.546. The maximum atomic E-state index is 11.7. The monoisotopic (exact) mass is 218 g/mol. The molecule has 4 heteroatoms. The van der Waals surface area contributed by atoms with Crippen molar-refractivity contribution in [3.8, 4) is 5.75 Å². The molecule has 0 atom stereocenters. The zero-order chi connectivity index (χ0) is 11.9. The molecule has 0 aliphatic heterocycles. The summed E-state index contributed by atoms with van der Waals surface area (Å²) in [5.74, 6) is 0.236. The van der Waals surface area contributed by atoms with E-state index in [0.717, 1.165) is 0 Å². The van der Waals surface area contributed by atoms with Gasteiger partial charge in [0, 0.05) is 6.07 Å². The third-order valence-corrected chi connectivity index (χ3v) is 2.46. The lowest BCUT2D eigenvalue weighted by molar-refractivity contribution is 0.112. The molecule has 0 radical (unpaired) electrons. The number of aromatic hydroxyl groups is 1. The number of fused-ring (bicyclic) bond motifs is 1. The van der Waals surface area contributed by atoms with Crippen molar-refractivity contribution in [1.82, 2.24) is 0 Å². The van der Waals surface area contributed by atoms with Crippen molar-refractivity contribution in [2.75, 3.05) is 0 Å². The number of hydrogen-bond donors (Lipinski definition) is 1. The van der Waals surface area contributed by atoms with Gasteiger partial charge in [-0.25, -0.2) is 0 Å². The highest BCUT2D eigenvalue weighted by Crippen LogP contribution is 2.27. The zero-order valence-corrected chi connectivity index (χ0v) is 8.90. The predicted octanol–water partition coefficient (Wildman–Crippen LogP) is 1.93. The first-order chi connectivity index (χ1) is 7.54. The van der Waals surface area contributed by atoms with Crippen molar-refractivity contribution in [2.24, 2.45) is 0 Å². The molecule has 0 saturated heterocycles. The van der Waals surface area contributed by atoms with Gasteiger partial charge in [0.05, 0.1) is 10.9 Å². The minimum atomic E-state index is -0.209. The van der Waals surface area contributed by atoms with Crippen molar-refractivity contribution in [3.63, 3.8) is 0 Å². The summed E-state index contributed by atoms with van der Waals surface area (Å²) in [5, 5.41) is 9.92. The number of phenols is 1. The van der Waals surface area contributed by atoms with E-state index in [-0.39, 0.29) is 22.3 Å². The van der Waals surface area contributed by atoms with Crippen LogP contribution in [-0.2, 0) is 0 Å². The SMILES string of the molecule is Cc1cc(=O)c2c(C)cc(O)c(C=O)c2o1. The maximum absolute atomic E-state index is 11.7. The summed E-state index contributed by atoms with van der Waals surface area (Å²) in [6.45, 7) is 3.30. The van der Waals surface area contributed by atoms with Gasteiger partial charge in [0.2, 0.25) is 0 Å². The third-order valence-electron chi connectivity index (χ3n) is 2.46. The van der Waals surface area contributed by atoms with E-state index in [2.05, 4.69) is 0 Å². The van der Waals surface area contributed by atoms with Gasteiger partial charge in [0.15, 0.2) is 17.3 Å². The Kier molecular flexibility index (Phi) is 2.27. The Balaban J connectivity index is 3.11. The first kappa shape index (κ1) is 10.4. The summed E-state index contributed by atoms with van der Waals surface area (Å²) in [4.78, 5) is 22.6. The molecule has 2 rings (SSSR count). The quantitative estimate of drug-likeness (QED) is 0.742. The number of hydrogen-bond acceptors (Lipinski definition) is 4. The first-order valence-corrected chi connectivity index (χ1v) is 4.77. The van der Waals surface area contributed by atoms with Gasteiger partial charge in [-0.2, -0.15) is 0 Å². The Labute approximate surface area is 91.1 Å². The molecule has 16 heavy (non-hydrogen) atoms. The number of benzene rings is 1. The van der Waals surface area contributed by atoms with Crippen molar-refractivity contribution < 1.29 is 14.3 Å². The summed E-state index contributed by atoms with van der Waals surface area (Å²) in [6.07, 6.45) is 0.486. The standard InChI is InChI=1S/C12H10O4/c1-6-3-9(14)8(5-13)12-11(6)10(15)4-7(2)16-12/h3-5,14H,1-2H3. The van der Waals surface area contributed by atoms with Crippen molar-refractivity contribution >= 4 is 17.3 Å². The van der Waals surface area contributed by atoms with E-state index in [1.54, 1.807) is 13.8 Å². The molecule has 0 amide bonds. The van der Waals surface area contributed by atoms with Gasteiger partial charge in [-0.15, -0.1) is 0 Å². The molecular formula is C12H10O4. The van der Waals surface area contributed by atoms with Crippen molar-refractivity contribution in [1.29, 1.82) is 0 Å². The molecule has 0 unspecified atom stereocenters. The molecule has 1 heterocycles. The van der Waals surface area contributed by atoms with Gasteiger partial charge in [0.1, 0.15) is 11.5 Å². The van der Waals surface area contributed by atoms with E-state index >= 15 is 0 Å². The molecule has 1 aromatic heterocycles. The summed E-state index contributed by atoms with van der Waals surface area (Å²) < 4.78 is 5.33. The molecule has 1 N–H and O–H groups in total. The Hall–Kier alpha value is -2.10. The third kappa shape index (κ3) is 1.39. The average Bonchev–Trinajstić information content (AvgIpc) is 2.15. The second-order valence-corrected chi connectivity index (χ2v) is 3.67. The van der Waals surface area contributed by atoms with Crippen LogP contribution in [0.2, 0.25) is 0 Å². The fraction of sp³-hybridized carbons (Fsp3) is 0.167. The van der Waals surface area contributed by atoms with E-state index in [1.807, 2.05) is 0 Å². The summed E-state index contributed by atoms with van der Waals surface area (Å²) in [7, 11) is 0. The Morgan fingerprint density at radius 3 is 2.62 bits per heavy atom. The summed E-state index contributed by atoms with van der Waals surface area (Å²) >= 11 is 0. The number of phenolic OH excluding ortho intramolecular Hbond substituents is 1. The van der Waals surface area contributed by atoms with Gasteiger partial charge in [-0.3, -0.25) is 9.59 Å². The Bertz CT molecular complexity index is 637. The van der Waals surface area contributed by atoms with Gasteiger partial charge in [-0.1, -0.05) is 0 Å². The zero-order valence-electron chi connectivity index (χ0n) is 8.90. The molecule has 0 saturated carbocycles. The van der Waals surface area contributed by atoms with Crippen LogP contribution in [0.4, 0.5) is 0 Å². The van der Waals surface area contributed by atoms with E-state index < -0.39 is 0 Å². The molecule has 82 valence electrons. The van der Waals surface area contributed by atoms with Crippen LogP contribution >= 0.6 is 0 Å². The molecule has 2 aromatic rings. The molecule has 4 nitrogen and oxygen atoms in total. The van der Waals surface area contributed by atoms with Crippen LogP contribution in [0.15, 0.2) is 21.3 Å². The number of carbonyl (C=O) groups excluding carboxylic acids is 1. The normalized spacial score (nSPS) is 10.6. The minimum Gasteiger partial charge on any atom is -0.507 e. The first-order valence-electron chi connectivity index (χ1n) is 4.77. The highest BCUT2D eigenvalue weighted by atomic mass is 16.3. The second kappa shape index (κ2) is 3.48. The average molecular weight is 218 g/mol. The van der Waals surface area contributed by atoms with Crippen LogP contribution in [0.1, 0.15) is 21.7 Å². The minimum absolute atomic E-state index is 0.0152. The maximum Gasteiger partial charge on any atom is 0.193 e. The lowest BCUT2D eigenvalue weighted by Crippen LogP contribution is -2.04. The van der Waals surface area contributed by atoms with Gasteiger partial charge in [0.25, 0.3) is 0 Å². The van der Waals surface area contributed by atoms with Gasteiger partial charge >= 0.3 is 0 Å². The van der Waals surface area contributed by atoms with Crippen LogP contribution in [0.5, 0.6) is 5.75 Å². The summed E-state index contributed by atoms with van der Waals surface area (Å²) in [6, 6.07) is 2.75. The van der Waals surface area contributed by atoms with Crippen molar-refractivity contribution in [2.45, 2.75) is 13.8 Å². The fourth-order valence-corrected chi connectivity index (χ4v) is 1.76.